The predicted molar refractivity (Wildman–Crippen MR) is 105 cm³/mol. The van der Waals surface area contributed by atoms with Gasteiger partial charge in [-0.3, -0.25) is 9.59 Å². The van der Waals surface area contributed by atoms with Crippen molar-refractivity contribution in [1.82, 2.24) is 0 Å². The first-order valence-electron chi connectivity index (χ1n) is 10.8. The van der Waals surface area contributed by atoms with Crippen LogP contribution in [0.3, 0.4) is 0 Å². The number of fused-ring (bicyclic) bond motifs is 5. The fraction of sp³-hybridized carbons (Fsp3) is 0.909. The summed E-state index contributed by atoms with van der Waals surface area (Å²) in [5.41, 5.74) is -0.216. The minimum atomic E-state index is -1.51. The maximum absolute atomic E-state index is 13.3. The van der Waals surface area contributed by atoms with Crippen molar-refractivity contribution >= 4 is 19.9 Å². The number of carbonyl (C=O) groups excluding carboxylic acids is 2. The Labute approximate surface area is 159 Å². The summed E-state index contributed by atoms with van der Waals surface area (Å²) in [6.45, 7) is 11.3. The van der Waals surface area contributed by atoms with Crippen molar-refractivity contribution in [2.24, 2.45) is 34.5 Å². The molecule has 26 heavy (non-hydrogen) atoms. The number of carbonyl (C=O) groups is 2. The van der Waals surface area contributed by atoms with Gasteiger partial charge in [-0.15, -0.1) is 0 Å². The van der Waals surface area contributed by atoms with Gasteiger partial charge in [0.05, 0.1) is 0 Å². The predicted octanol–water partition coefficient (Wildman–Crippen LogP) is 5.00. The third-order valence-corrected chi connectivity index (χ3v) is 9.58. The van der Waals surface area contributed by atoms with Crippen LogP contribution < -0.4 is 0 Å². The van der Waals surface area contributed by atoms with E-state index in [0.29, 0.717) is 48.3 Å². The average Bonchev–Trinajstić information content (AvgIpc) is 2.81. The van der Waals surface area contributed by atoms with Crippen LogP contribution in [0, 0.1) is 34.5 Å². The van der Waals surface area contributed by atoms with E-state index in [9.17, 15) is 9.59 Å². The van der Waals surface area contributed by atoms with Gasteiger partial charge >= 0.3 is 0 Å². The summed E-state index contributed by atoms with van der Waals surface area (Å²) in [5.74, 6) is 2.46. The molecule has 0 radical (unpaired) electrons. The third kappa shape index (κ3) is 2.78. The molecular formula is C22H36O3Si. The van der Waals surface area contributed by atoms with Gasteiger partial charge in [-0.1, -0.05) is 13.8 Å². The normalized spacial score (nSPS) is 48.7. The Morgan fingerprint density at radius 1 is 1.04 bits per heavy atom. The monoisotopic (exact) mass is 376 g/mol. The first kappa shape index (κ1) is 18.9. The Morgan fingerprint density at radius 3 is 2.46 bits per heavy atom. The van der Waals surface area contributed by atoms with Gasteiger partial charge in [0.25, 0.3) is 0 Å². The summed E-state index contributed by atoms with van der Waals surface area (Å²) >= 11 is 0. The highest BCUT2D eigenvalue weighted by molar-refractivity contribution is 6.69. The zero-order valence-electron chi connectivity index (χ0n) is 17.3. The second-order valence-electron chi connectivity index (χ2n) is 11.2. The van der Waals surface area contributed by atoms with Crippen molar-refractivity contribution in [1.29, 1.82) is 0 Å². The summed E-state index contributed by atoms with van der Waals surface area (Å²) in [6, 6.07) is 0. The Balaban J connectivity index is 1.58. The SMILES string of the molecule is C[C@]12CCC(O[Si](C)(C)C)CC1CC[C@@H]1[C@@H]2C(=O)C[C@]2(C)C(=O)CC[C@@H]12. The molecule has 4 aliphatic rings. The summed E-state index contributed by atoms with van der Waals surface area (Å²) in [5, 5.41) is 0. The average molecular weight is 377 g/mol. The summed E-state index contributed by atoms with van der Waals surface area (Å²) in [7, 11) is -1.51. The van der Waals surface area contributed by atoms with Gasteiger partial charge < -0.3 is 4.43 Å². The Hall–Kier alpha value is -0.483. The second-order valence-corrected chi connectivity index (χ2v) is 15.6. The van der Waals surface area contributed by atoms with Crippen molar-refractivity contribution in [3.05, 3.63) is 0 Å². The van der Waals surface area contributed by atoms with E-state index in [-0.39, 0.29) is 16.7 Å². The zero-order chi connectivity index (χ0) is 18.9. The topological polar surface area (TPSA) is 43.4 Å². The molecule has 146 valence electrons. The van der Waals surface area contributed by atoms with Crippen LogP contribution in [-0.4, -0.2) is 26.0 Å². The molecule has 0 bridgehead atoms. The van der Waals surface area contributed by atoms with Crippen LogP contribution >= 0.6 is 0 Å². The van der Waals surface area contributed by atoms with Crippen LogP contribution in [0.2, 0.25) is 19.6 Å². The number of Topliss-reactive ketones (excluding diaryl/α,β-unsaturated/α-hetero) is 2. The zero-order valence-corrected chi connectivity index (χ0v) is 18.3. The van der Waals surface area contributed by atoms with E-state index < -0.39 is 8.32 Å². The van der Waals surface area contributed by atoms with Crippen LogP contribution in [0.15, 0.2) is 0 Å². The summed E-state index contributed by atoms with van der Waals surface area (Å²) in [4.78, 5) is 25.8. The molecule has 0 N–H and O–H groups in total. The van der Waals surface area contributed by atoms with Gasteiger partial charge in [0.15, 0.2) is 8.32 Å². The molecule has 4 aliphatic carbocycles. The first-order valence-corrected chi connectivity index (χ1v) is 14.2. The van der Waals surface area contributed by atoms with E-state index in [1.807, 2.05) is 0 Å². The highest BCUT2D eigenvalue weighted by Gasteiger charge is 2.63. The Bertz CT molecular complexity index is 623. The van der Waals surface area contributed by atoms with E-state index >= 15 is 0 Å². The van der Waals surface area contributed by atoms with Gasteiger partial charge in [0.2, 0.25) is 0 Å². The molecule has 0 aromatic heterocycles. The third-order valence-electron chi connectivity index (χ3n) is 8.54. The molecule has 0 spiro atoms. The summed E-state index contributed by atoms with van der Waals surface area (Å²) < 4.78 is 6.44. The molecule has 0 aromatic rings. The maximum atomic E-state index is 13.3. The lowest BCUT2D eigenvalue weighted by molar-refractivity contribution is -0.162. The number of rotatable bonds is 2. The number of ketones is 2. The fourth-order valence-electron chi connectivity index (χ4n) is 7.42. The second kappa shape index (κ2) is 6.01. The van der Waals surface area contributed by atoms with Crippen LogP contribution in [0.5, 0.6) is 0 Å². The van der Waals surface area contributed by atoms with E-state index in [1.165, 1.54) is 6.42 Å². The molecule has 4 fully saturated rings. The first-order chi connectivity index (χ1) is 12.0. The van der Waals surface area contributed by atoms with E-state index in [0.717, 1.165) is 32.1 Å². The lowest BCUT2D eigenvalue weighted by Crippen LogP contribution is -2.58. The lowest BCUT2D eigenvalue weighted by atomic mass is 9.45. The minimum absolute atomic E-state index is 0.131. The molecule has 0 aromatic carbocycles. The molecule has 4 heteroatoms. The lowest BCUT2D eigenvalue weighted by Gasteiger charge is -2.59. The van der Waals surface area contributed by atoms with Crippen molar-refractivity contribution < 1.29 is 14.0 Å². The van der Waals surface area contributed by atoms with Gasteiger partial charge in [0.1, 0.15) is 11.6 Å². The Morgan fingerprint density at radius 2 is 1.77 bits per heavy atom. The molecule has 3 nitrogen and oxygen atoms in total. The van der Waals surface area contributed by atoms with Crippen LogP contribution in [-0.2, 0) is 14.0 Å². The van der Waals surface area contributed by atoms with Crippen LogP contribution in [0.1, 0.15) is 65.2 Å². The summed E-state index contributed by atoms with van der Waals surface area (Å²) in [6.07, 6.45) is 8.35. The quantitative estimate of drug-likeness (QED) is 0.637. The Kier molecular flexibility index (Phi) is 4.36. The molecule has 0 amide bonds. The van der Waals surface area contributed by atoms with Gasteiger partial charge in [-0.2, -0.15) is 0 Å². The van der Waals surface area contributed by atoms with Crippen molar-refractivity contribution in [2.45, 2.75) is 91.0 Å². The van der Waals surface area contributed by atoms with E-state index in [2.05, 4.69) is 33.5 Å². The molecule has 0 aliphatic heterocycles. The molecule has 4 saturated carbocycles. The highest BCUT2D eigenvalue weighted by Crippen LogP contribution is 2.64. The molecule has 4 rings (SSSR count). The molecule has 0 saturated heterocycles. The molecule has 2 unspecified atom stereocenters. The van der Waals surface area contributed by atoms with Gasteiger partial charge in [-0.25, -0.2) is 0 Å². The smallest absolute Gasteiger partial charge is 0.184 e. The van der Waals surface area contributed by atoms with Gasteiger partial charge in [-0.05, 0) is 81.3 Å². The highest BCUT2D eigenvalue weighted by atomic mass is 28.4. The van der Waals surface area contributed by atoms with Crippen molar-refractivity contribution in [3.63, 3.8) is 0 Å². The molecule has 0 heterocycles. The largest absolute Gasteiger partial charge is 0.415 e. The van der Waals surface area contributed by atoms with Crippen molar-refractivity contribution in [3.8, 4) is 0 Å². The van der Waals surface area contributed by atoms with E-state index in [1.54, 1.807) is 0 Å². The molecule has 7 atom stereocenters. The van der Waals surface area contributed by atoms with Gasteiger partial charge in [0, 0.05) is 30.3 Å². The number of hydrogen-bond donors (Lipinski definition) is 0. The molecular weight excluding hydrogens is 340 g/mol. The van der Waals surface area contributed by atoms with Crippen LogP contribution in [0.4, 0.5) is 0 Å². The maximum Gasteiger partial charge on any atom is 0.184 e. The number of hydrogen-bond acceptors (Lipinski definition) is 3. The standard InChI is InChI=1S/C22H36O3Si/c1-21-11-10-15(25-26(3,4)5)12-14(21)6-7-16-17-8-9-19(24)22(17,2)13-18(23)20(16)21/h14-17,20H,6-13H2,1-5H3/t14?,15?,16-,17-,20+,21-,22-/m0/s1. The van der Waals surface area contributed by atoms with E-state index in [4.69, 9.17) is 4.43 Å². The van der Waals surface area contributed by atoms with Crippen LogP contribution in [0.25, 0.3) is 0 Å². The fourth-order valence-corrected chi connectivity index (χ4v) is 8.63. The minimum Gasteiger partial charge on any atom is -0.415 e. The van der Waals surface area contributed by atoms with Crippen molar-refractivity contribution in [2.75, 3.05) is 0 Å².